The third-order valence-corrected chi connectivity index (χ3v) is 6.64. The van der Waals surface area contributed by atoms with Gasteiger partial charge in [-0.25, -0.2) is 16.8 Å². The van der Waals surface area contributed by atoms with Gasteiger partial charge in [0.15, 0.2) is 0 Å². The number of halogens is 6. The largest absolute Gasteiger partial charge is 0.512 e. The topological polar surface area (TPSA) is 86.8 Å². The highest BCUT2D eigenvalue weighted by Crippen LogP contribution is 2.27. The van der Waals surface area contributed by atoms with Crippen molar-refractivity contribution in [3.63, 3.8) is 0 Å². The van der Waals surface area contributed by atoms with Gasteiger partial charge >= 0.3 is 31.1 Å². The summed E-state index contributed by atoms with van der Waals surface area (Å²) in [6.07, 6.45) is 10.3. The minimum atomic E-state index is -6.60. The molecule has 1 unspecified atom stereocenters. The zero-order valence-electron chi connectivity index (χ0n) is 15.4. The molecule has 28 heavy (non-hydrogen) atoms. The maximum Gasteiger partial charge on any atom is 0.512 e. The van der Waals surface area contributed by atoms with Crippen LogP contribution in [0.4, 0.5) is 26.3 Å². The van der Waals surface area contributed by atoms with Crippen molar-refractivity contribution in [3.8, 4) is 0 Å². The molecule has 0 spiro atoms. The summed E-state index contributed by atoms with van der Waals surface area (Å²) in [5.41, 5.74) is -12.3. The Labute approximate surface area is 160 Å². The zero-order valence-corrected chi connectivity index (χ0v) is 17.0. The van der Waals surface area contributed by atoms with Crippen LogP contribution in [0.2, 0.25) is 0 Å². The summed E-state index contributed by atoms with van der Waals surface area (Å²) in [4.78, 5) is 4.66. The second kappa shape index (κ2) is 10.0. The molecule has 0 aromatic rings. The van der Waals surface area contributed by atoms with E-state index in [4.69, 9.17) is 0 Å². The highest BCUT2D eigenvalue weighted by molar-refractivity contribution is 8.05. The van der Waals surface area contributed by atoms with Crippen LogP contribution in [0.25, 0.3) is 0 Å². The number of hydrogen-bond donors (Lipinski definition) is 1. The Hall–Kier alpha value is -1.22. The molecule has 1 aliphatic heterocycles. The number of hydrogen-bond acceptors (Lipinski definition) is 6. The second-order valence-electron chi connectivity index (χ2n) is 5.88. The van der Waals surface area contributed by atoms with E-state index in [-0.39, 0.29) is 0 Å². The van der Waals surface area contributed by atoms with Crippen molar-refractivity contribution < 1.29 is 43.2 Å². The molecule has 0 aliphatic carbocycles. The normalized spacial score (nSPS) is 18.2. The minimum absolute atomic E-state index is 0.493. The first-order chi connectivity index (χ1) is 12.5. The summed E-state index contributed by atoms with van der Waals surface area (Å²) in [6.45, 7) is 5.72. The smallest absolute Gasteiger partial charge is 0.359 e. The van der Waals surface area contributed by atoms with Gasteiger partial charge in [-0.3, -0.25) is 0 Å². The summed E-state index contributed by atoms with van der Waals surface area (Å²) in [5.74, 6) is 0. The van der Waals surface area contributed by atoms with Gasteiger partial charge in [0.25, 0.3) is 0 Å². The molecule has 0 bridgehead atoms. The minimum Gasteiger partial charge on any atom is -0.359 e. The van der Waals surface area contributed by atoms with Gasteiger partial charge in [-0.2, -0.15) is 26.3 Å². The van der Waals surface area contributed by atoms with Crippen LogP contribution in [-0.4, -0.2) is 57.4 Å². The lowest BCUT2D eigenvalue weighted by Gasteiger charge is -2.26. The van der Waals surface area contributed by atoms with Crippen molar-refractivity contribution in [1.82, 2.24) is 13.9 Å². The van der Waals surface area contributed by atoms with Gasteiger partial charge in [0.05, 0.1) is 6.17 Å². The van der Waals surface area contributed by atoms with Gasteiger partial charge in [0, 0.05) is 26.0 Å². The van der Waals surface area contributed by atoms with Crippen molar-refractivity contribution >= 4 is 20.0 Å². The first-order valence-corrected chi connectivity index (χ1v) is 11.0. The van der Waals surface area contributed by atoms with Gasteiger partial charge in [0.1, 0.15) is 0 Å². The summed E-state index contributed by atoms with van der Waals surface area (Å²) in [6, 6.07) is 0. The van der Waals surface area contributed by atoms with E-state index in [1.807, 2.05) is 0 Å². The Morgan fingerprint density at radius 2 is 1.36 bits per heavy atom. The van der Waals surface area contributed by atoms with Crippen molar-refractivity contribution in [2.75, 3.05) is 13.6 Å². The van der Waals surface area contributed by atoms with Gasteiger partial charge < -0.3 is 9.80 Å². The maximum absolute atomic E-state index is 11.5. The lowest BCUT2D eigenvalue weighted by Crippen LogP contribution is -2.45. The molecule has 0 aromatic heterocycles. The fourth-order valence-electron chi connectivity index (χ4n) is 1.90. The number of unbranched alkanes of at least 4 members (excludes halogenated alkanes) is 3. The Balaban J connectivity index is 0.000000525. The summed E-state index contributed by atoms with van der Waals surface area (Å²) < 4.78 is 108. The van der Waals surface area contributed by atoms with Crippen LogP contribution < -0.4 is 4.13 Å². The van der Waals surface area contributed by atoms with E-state index < -0.39 is 35.2 Å². The Bertz CT molecular complexity index is 678. The molecule has 1 N–H and O–H groups in total. The standard InChI is InChI=1S/C11H22N2.C2HF6NO4S2/c1-4-5-6-7-8-13-10-9-12(3)11(13)2;3-1(4,5)14(10,11)9-15(12,13)2(6,7)8/h9-11H,4-8H2,1-3H3;9H. The Kier molecular flexibility index (Phi) is 9.57. The van der Waals surface area contributed by atoms with E-state index in [9.17, 15) is 43.2 Å². The van der Waals surface area contributed by atoms with Crippen LogP contribution in [0.5, 0.6) is 0 Å². The molecule has 0 saturated carbocycles. The third-order valence-electron chi connectivity index (χ3n) is 3.66. The SMILES string of the molecule is CCCCCCN1C=CN(C)C1C.O=S(=O)(NS(=O)(=O)C(F)(F)F)C(F)(F)F. The molecule has 0 aromatic carbocycles. The molecule has 1 aliphatic rings. The van der Waals surface area contributed by atoms with Crippen molar-refractivity contribution in [3.05, 3.63) is 12.4 Å². The first-order valence-electron chi connectivity index (χ1n) is 8.03. The summed E-state index contributed by atoms with van der Waals surface area (Å²) in [7, 11) is -11.1. The third kappa shape index (κ3) is 8.03. The quantitative estimate of drug-likeness (QED) is 0.462. The Morgan fingerprint density at radius 1 is 0.893 bits per heavy atom. The number of alkyl halides is 6. The molecule has 0 amide bonds. The van der Waals surface area contributed by atoms with Crippen LogP contribution in [0.1, 0.15) is 39.5 Å². The zero-order chi connectivity index (χ0) is 22.4. The van der Waals surface area contributed by atoms with Crippen molar-refractivity contribution in [1.29, 1.82) is 0 Å². The fourth-order valence-corrected chi connectivity index (χ4v) is 3.81. The number of rotatable bonds is 7. The van der Waals surface area contributed by atoms with Crippen LogP contribution in [0.15, 0.2) is 12.4 Å². The lowest BCUT2D eigenvalue weighted by atomic mass is 10.2. The predicted molar refractivity (Wildman–Crippen MR) is 90.3 cm³/mol. The van der Waals surface area contributed by atoms with Gasteiger partial charge in [-0.15, -0.1) is 0 Å². The Morgan fingerprint density at radius 3 is 1.68 bits per heavy atom. The second-order valence-corrected chi connectivity index (χ2v) is 9.48. The molecule has 168 valence electrons. The lowest BCUT2D eigenvalue weighted by molar-refractivity contribution is -0.0476. The highest BCUT2D eigenvalue weighted by Gasteiger charge is 2.55. The molecule has 15 heteroatoms. The molecule has 1 rings (SSSR count). The van der Waals surface area contributed by atoms with Crippen LogP contribution in [0.3, 0.4) is 0 Å². The predicted octanol–water partition coefficient (Wildman–Crippen LogP) is 2.91. The average Bonchev–Trinajstić information content (AvgIpc) is 2.81. The molecule has 0 fully saturated rings. The molecule has 0 saturated heterocycles. The van der Waals surface area contributed by atoms with Crippen LogP contribution in [0, 0.1) is 0 Å². The molecule has 1 heterocycles. The number of nitrogens with one attached hydrogen (secondary N) is 1. The van der Waals surface area contributed by atoms with Crippen molar-refractivity contribution in [2.45, 2.75) is 56.7 Å². The summed E-state index contributed by atoms with van der Waals surface area (Å²) >= 11 is 0. The molecular weight excluding hydrogens is 440 g/mol. The molecule has 0 radical (unpaired) electrons. The van der Waals surface area contributed by atoms with E-state index >= 15 is 0 Å². The summed E-state index contributed by atoms with van der Waals surface area (Å²) in [5, 5.41) is 0. The van der Waals surface area contributed by atoms with Gasteiger partial charge in [0.2, 0.25) is 0 Å². The first kappa shape index (κ1) is 26.8. The molecular formula is C13H23F6N3O4S2. The number of sulfonamides is 2. The van der Waals surface area contributed by atoms with Gasteiger partial charge in [-0.05, 0) is 13.3 Å². The van der Waals surface area contributed by atoms with E-state index in [1.54, 1.807) is 0 Å². The monoisotopic (exact) mass is 463 g/mol. The van der Waals surface area contributed by atoms with E-state index in [0.717, 1.165) is 0 Å². The molecule has 1 atom stereocenters. The molecule has 7 nitrogen and oxygen atoms in total. The number of nitrogens with zero attached hydrogens (tertiary/aromatic N) is 2. The van der Waals surface area contributed by atoms with E-state index in [2.05, 4.69) is 43.1 Å². The fraction of sp³-hybridized carbons (Fsp3) is 0.846. The average molecular weight is 463 g/mol. The van der Waals surface area contributed by atoms with Crippen molar-refractivity contribution in [2.24, 2.45) is 0 Å². The van der Waals surface area contributed by atoms with Crippen LogP contribution in [-0.2, 0) is 20.0 Å². The van der Waals surface area contributed by atoms with E-state index in [1.165, 1.54) is 32.2 Å². The van der Waals surface area contributed by atoms with E-state index in [0.29, 0.717) is 6.17 Å². The van der Waals surface area contributed by atoms with Gasteiger partial charge in [-0.1, -0.05) is 30.3 Å². The van der Waals surface area contributed by atoms with Crippen LogP contribution >= 0.6 is 0 Å². The highest BCUT2D eigenvalue weighted by atomic mass is 32.3. The maximum atomic E-state index is 11.5.